The van der Waals surface area contributed by atoms with Crippen LogP contribution < -0.4 is 0 Å². The highest BCUT2D eigenvalue weighted by Crippen LogP contribution is 1.95. The summed E-state index contributed by atoms with van der Waals surface area (Å²) in [5, 5.41) is 0. The van der Waals surface area contributed by atoms with Crippen molar-refractivity contribution in [1.82, 2.24) is 0 Å². The van der Waals surface area contributed by atoms with Crippen molar-refractivity contribution in [1.29, 1.82) is 0 Å². The van der Waals surface area contributed by atoms with E-state index in [1.165, 1.54) is 0 Å². The Balaban J connectivity index is 3.39. The van der Waals surface area contributed by atoms with E-state index in [-0.39, 0.29) is 5.97 Å². The Hall–Kier alpha value is -0.693. The van der Waals surface area contributed by atoms with Gasteiger partial charge in [0.15, 0.2) is 0 Å². The van der Waals surface area contributed by atoms with E-state index < -0.39 is 9.53 Å². The topological polar surface area (TPSA) is 54.0 Å². The van der Waals surface area contributed by atoms with E-state index in [0.717, 1.165) is 0 Å². The maximum absolute atomic E-state index is 10.9. The van der Waals surface area contributed by atoms with Crippen molar-refractivity contribution in [3.05, 3.63) is 12.2 Å². The summed E-state index contributed by atoms with van der Waals surface area (Å²) in [7, 11) is 1.15. The fourth-order valence-corrected chi connectivity index (χ4v) is 1.58. The fourth-order valence-electron chi connectivity index (χ4n) is 0.759. The largest absolute Gasteiger partial charge is 0.483 e. The maximum Gasteiger partial charge on any atom is 0.483 e. The lowest BCUT2D eigenvalue weighted by molar-refractivity contribution is -0.139. The Kier molecular flexibility index (Phi) is 8.20. The van der Waals surface area contributed by atoms with Gasteiger partial charge in [0, 0.05) is 32.8 Å². The molecule has 0 aromatic carbocycles. The van der Waals surface area contributed by atoms with Gasteiger partial charge >= 0.3 is 15.5 Å². The molecule has 0 rings (SSSR count). The predicted molar refractivity (Wildman–Crippen MR) is 57.5 cm³/mol. The molecular formula is C9H18O5Si. The minimum atomic E-state index is -1.94. The highest BCUT2D eigenvalue weighted by atomic mass is 28.3. The van der Waals surface area contributed by atoms with E-state index in [4.69, 9.17) is 18.0 Å². The SMILES string of the molecule is C=C(C)C(=O)OCCCO[SiH](OC)OC. The zero-order valence-corrected chi connectivity index (χ0v) is 10.6. The van der Waals surface area contributed by atoms with Crippen LogP contribution in [0.3, 0.4) is 0 Å². The molecule has 15 heavy (non-hydrogen) atoms. The molecule has 5 nitrogen and oxygen atoms in total. The lowest BCUT2D eigenvalue weighted by Gasteiger charge is -2.11. The molecule has 0 N–H and O–H groups in total. The first-order valence-electron chi connectivity index (χ1n) is 4.61. The molecule has 0 atom stereocenters. The normalized spacial score (nSPS) is 10.4. The van der Waals surface area contributed by atoms with Gasteiger partial charge in [0.2, 0.25) is 0 Å². The lowest BCUT2D eigenvalue weighted by Crippen LogP contribution is -2.24. The first-order chi connectivity index (χ1) is 7.11. The number of esters is 1. The van der Waals surface area contributed by atoms with Crippen LogP contribution in [0.1, 0.15) is 13.3 Å². The molecule has 0 fully saturated rings. The van der Waals surface area contributed by atoms with Crippen molar-refractivity contribution in [2.24, 2.45) is 0 Å². The van der Waals surface area contributed by atoms with Crippen molar-refractivity contribution in [3.63, 3.8) is 0 Å². The molecule has 0 saturated carbocycles. The summed E-state index contributed by atoms with van der Waals surface area (Å²) in [6, 6.07) is 0. The van der Waals surface area contributed by atoms with Crippen molar-refractivity contribution in [3.8, 4) is 0 Å². The zero-order valence-electron chi connectivity index (χ0n) is 9.45. The van der Waals surface area contributed by atoms with Gasteiger partial charge in [0.05, 0.1) is 6.61 Å². The van der Waals surface area contributed by atoms with Crippen molar-refractivity contribution in [2.45, 2.75) is 13.3 Å². The fraction of sp³-hybridized carbons (Fsp3) is 0.667. The van der Waals surface area contributed by atoms with Gasteiger partial charge in [-0.05, 0) is 6.92 Å². The summed E-state index contributed by atoms with van der Waals surface area (Å²) in [4.78, 5) is 10.9. The summed E-state index contributed by atoms with van der Waals surface area (Å²) in [5.41, 5.74) is 0.400. The van der Waals surface area contributed by atoms with Gasteiger partial charge < -0.3 is 18.0 Å². The Morgan fingerprint density at radius 2 is 1.87 bits per heavy atom. The first-order valence-corrected chi connectivity index (χ1v) is 6.03. The molecule has 0 unspecified atom stereocenters. The van der Waals surface area contributed by atoms with Gasteiger partial charge in [0.25, 0.3) is 0 Å². The van der Waals surface area contributed by atoms with E-state index in [2.05, 4.69) is 6.58 Å². The molecule has 0 saturated heterocycles. The standard InChI is InChI=1S/C9H18O5Si/c1-8(2)9(10)13-6-5-7-14-15(11-3)12-4/h15H,1,5-7H2,2-4H3. The minimum absolute atomic E-state index is 0.320. The van der Waals surface area contributed by atoms with Gasteiger partial charge in [0.1, 0.15) is 0 Å². The molecule has 0 aromatic heterocycles. The molecule has 88 valence electrons. The Morgan fingerprint density at radius 1 is 1.27 bits per heavy atom. The molecule has 0 aliphatic carbocycles. The molecule has 6 heteroatoms. The number of hydrogen-bond donors (Lipinski definition) is 0. The number of carbonyl (C=O) groups excluding carboxylic acids is 1. The van der Waals surface area contributed by atoms with Gasteiger partial charge in [-0.15, -0.1) is 0 Å². The second kappa shape index (κ2) is 8.60. The van der Waals surface area contributed by atoms with Crippen LogP contribution in [0.15, 0.2) is 12.2 Å². The van der Waals surface area contributed by atoms with Gasteiger partial charge in [-0.1, -0.05) is 6.58 Å². The third kappa shape index (κ3) is 7.26. The Morgan fingerprint density at radius 3 is 2.33 bits per heavy atom. The Bertz CT molecular complexity index is 203. The average Bonchev–Trinajstić information content (AvgIpc) is 2.23. The first kappa shape index (κ1) is 14.3. The van der Waals surface area contributed by atoms with Crippen molar-refractivity contribution in [2.75, 3.05) is 27.4 Å². The molecule has 0 spiro atoms. The number of hydrogen-bond acceptors (Lipinski definition) is 5. The zero-order chi connectivity index (χ0) is 11.7. The van der Waals surface area contributed by atoms with Gasteiger partial charge in [-0.2, -0.15) is 0 Å². The molecule has 0 aromatic rings. The number of carbonyl (C=O) groups is 1. The summed E-state index contributed by atoms with van der Waals surface area (Å²) in [6.45, 7) is 5.86. The van der Waals surface area contributed by atoms with Crippen LogP contribution in [0, 0.1) is 0 Å². The van der Waals surface area contributed by atoms with Crippen molar-refractivity contribution >= 4 is 15.5 Å². The molecule has 0 radical (unpaired) electrons. The van der Waals surface area contributed by atoms with Crippen LogP contribution in [0.4, 0.5) is 0 Å². The monoisotopic (exact) mass is 234 g/mol. The molecule has 0 aliphatic rings. The lowest BCUT2D eigenvalue weighted by atomic mass is 10.4. The molecule has 0 bridgehead atoms. The molecule has 0 aliphatic heterocycles. The van der Waals surface area contributed by atoms with Gasteiger partial charge in [-0.25, -0.2) is 4.79 Å². The van der Waals surface area contributed by atoms with Crippen LogP contribution >= 0.6 is 0 Å². The average molecular weight is 234 g/mol. The quantitative estimate of drug-likeness (QED) is 0.265. The van der Waals surface area contributed by atoms with Crippen LogP contribution in [0.2, 0.25) is 0 Å². The summed E-state index contributed by atoms with van der Waals surface area (Å²) >= 11 is 0. The number of rotatable bonds is 8. The maximum atomic E-state index is 10.9. The van der Waals surface area contributed by atoms with E-state index in [1.54, 1.807) is 21.1 Å². The molecule has 0 amide bonds. The summed E-state index contributed by atoms with van der Waals surface area (Å²) < 4.78 is 20.0. The minimum Gasteiger partial charge on any atom is -0.462 e. The molecular weight excluding hydrogens is 216 g/mol. The van der Waals surface area contributed by atoms with Crippen LogP contribution in [0.25, 0.3) is 0 Å². The number of ether oxygens (including phenoxy) is 1. The van der Waals surface area contributed by atoms with Crippen LogP contribution in [-0.4, -0.2) is 42.9 Å². The van der Waals surface area contributed by atoms with Crippen LogP contribution in [-0.2, 0) is 22.8 Å². The third-order valence-electron chi connectivity index (χ3n) is 1.51. The highest BCUT2D eigenvalue weighted by Gasteiger charge is 2.10. The smallest absolute Gasteiger partial charge is 0.462 e. The molecule has 0 heterocycles. The summed E-state index contributed by atoms with van der Waals surface area (Å²) in [6.07, 6.45) is 0.620. The summed E-state index contributed by atoms with van der Waals surface area (Å²) in [5.74, 6) is -0.373. The van der Waals surface area contributed by atoms with Crippen molar-refractivity contribution < 1.29 is 22.8 Å². The highest BCUT2D eigenvalue weighted by molar-refractivity contribution is 6.36. The Labute approximate surface area is 91.9 Å². The van der Waals surface area contributed by atoms with E-state index in [9.17, 15) is 4.79 Å². The third-order valence-corrected chi connectivity index (χ3v) is 2.79. The predicted octanol–water partition coefficient (Wildman–Crippen LogP) is 0.522. The second-order valence-corrected chi connectivity index (χ2v) is 4.75. The van der Waals surface area contributed by atoms with E-state index in [1.807, 2.05) is 0 Å². The van der Waals surface area contributed by atoms with Gasteiger partial charge in [-0.3, -0.25) is 0 Å². The van der Waals surface area contributed by atoms with E-state index >= 15 is 0 Å². The second-order valence-electron chi connectivity index (χ2n) is 2.90. The van der Waals surface area contributed by atoms with Crippen LogP contribution in [0.5, 0.6) is 0 Å². The van der Waals surface area contributed by atoms with E-state index in [0.29, 0.717) is 25.2 Å².